The summed E-state index contributed by atoms with van der Waals surface area (Å²) in [6.45, 7) is 0. The van der Waals surface area contributed by atoms with Crippen LogP contribution in [0, 0.1) is 0 Å². The molecule has 4 aromatic heterocycles. The summed E-state index contributed by atoms with van der Waals surface area (Å²) >= 11 is 0. The molecule has 4 heterocycles. The lowest BCUT2D eigenvalue weighted by atomic mass is 10.1. The van der Waals surface area contributed by atoms with Gasteiger partial charge in [0.15, 0.2) is 17.5 Å². The molecule has 19 aromatic rings. The Morgan fingerprint density at radius 3 is 0.657 bits per heavy atom. The average molecular weight is 1310 g/mol. The van der Waals surface area contributed by atoms with Crippen LogP contribution in [-0.4, -0.2) is 28.7 Å². The fourth-order valence-corrected chi connectivity index (χ4v) is 15.3. The van der Waals surface area contributed by atoms with E-state index in [0.29, 0.717) is 17.5 Å². The number of nitrogens with zero attached hydrogens (tertiary/aromatic N) is 9. The monoisotopic (exact) mass is 1310 g/mol. The van der Waals surface area contributed by atoms with Crippen LogP contribution in [0.25, 0.3) is 117 Å². The zero-order valence-electron chi connectivity index (χ0n) is 55.4. The number of benzene rings is 15. The van der Waals surface area contributed by atoms with E-state index < -0.39 is 0 Å². The third kappa shape index (κ3) is 10.2. The molecule has 0 spiro atoms. The van der Waals surface area contributed by atoms with Crippen LogP contribution in [0.5, 0.6) is 0 Å². The van der Waals surface area contributed by atoms with Crippen molar-refractivity contribution >= 4 is 117 Å². The lowest BCUT2D eigenvalue weighted by Crippen LogP contribution is -2.10. The highest BCUT2D eigenvalue weighted by atomic mass is 15.2. The fourth-order valence-electron chi connectivity index (χ4n) is 15.3. The number of anilines is 9. The second-order valence-corrected chi connectivity index (χ2v) is 25.5. The highest BCUT2D eigenvalue weighted by Crippen LogP contribution is 2.48. The van der Waals surface area contributed by atoms with Crippen LogP contribution in [0.1, 0.15) is 0 Å². The normalized spacial score (nSPS) is 11.5. The maximum Gasteiger partial charge on any atom is 0.164 e. The van der Waals surface area contributed by atoms with Gasteiger partial charge in [-0.15, -0.1) is 0 Å². The van der Waals surface area contributed by atoms with Crippen molar-refractivity contribution in [1.82, 2.24) is 28.7 Å². The van der Waals surface area contributed by atoms with E-state index in [2.05, 4.69) is 411 Å². The first-order valence-electron chi connectivity index (χ1n) is 34.5. The van der Waals surface area contributed by atoms with E-state index in [-0.39, 0.29) is 0 Å². The lowest BCUT2D eigenvalue weighted by molar-refractivity contribution is 1.07. The molecule has 15 aromatic carbocycles. The van der Waals surface area contributed by atoms with Gasteiger partial charge in [-0.25, -0.2) is 15.0 Å². The van der Waals surface area contributed by atoms with Crippen molar-refractivity contribution in [2.75, 3.05) is 14.7 Å². The van der Waals surface area contributed by atoms with Crippen LogP contribution < -0.4 is 14.7 Å². The summed E-state index contributed by atoms with van der Waals surface area (Å²) in [5.41, 5.74) is 21.6. The lowest BCUT2D eigenvalue weighted by Gasteiger charge is -2.26. The Kier molecular flexibility index (Phi) is 14.7. The summed E-state index contributed by atoms with van der Waals surface area (Å²) in [4.78, 5) is 23.8. The fraction of sp³-hybridized carbons (Fsp3) is 0. The summed E-state index contributed by atoms with van der Waals surface area (Å²) < 4.78 is 7.15. The van der Waals surface area contributed by atoms with Crippen LogP contribution in [0.4, 0.5) is 51.2 Å². The van der Waals surface area contributed by atoms with Gasteiger partial charge in [0.25, 0.3) is 0 Å². The molecule has 480 valence electrons. The van der Waals surface area contributed by atoms with Gasteiger partial charge in [-0.3, -0.25) is 0 Å². The maximum atomic E-state index is 5.57. The van der Waals surface area contributed by atoms with Crippen molar-refractivity contribution in [3.63, 3.8) is 0 Å². The zero-order chi connectivity index (χ0) is 67.5. The van der Waals surface area contributed by atoms with Crippen molar-refractivity contribution < 1.29 is 0 Å². The largest absolute Gasteiger partial charge is 0.310 e. The first-order valence-corrected chi connectivity index (χ1v) is 34.5. The molecule has 0 radical (unpaired) electrons. The Hall–Kier alpha value is -13.9. The van der Waals surface area contributed by atoms with Crippen LogP contribution in [0.15, 0.2) is 382 Å². The highest BCUT2D eigenvalue weighted by Gasteiger charge is 2.26. The van der Waals surface area contributed by atoms with Gasteiger partial charge >= 0.3 is 0 Å². The predicted molar refractivity (Wildman–Crippen MR) is 423 cm³/mol. The summed E-state index contributed by atoms with van der Waals surface area (Å²) in [5, 5.41) is 6.85. The number of hydrogen-bond donors (Lipinski definition) is 0. The number of fused-ring (bicyclic) bond motifs is 9. The molecule has 0 unspecified atom stereocenters. The standard InChI is InChI=1S/C93H63N9/c1-7-34-67(35-8-1)97(68-36-9-2-10-37-68)82-55-28-58-85-88(82)76-49-19-22-52-79(76)100(85)73-46-25-31-64(61-73)91-94-92(65-32-26-47-74(62-65)101-80-53-23-20-50-77(80)89-83(56-29-59-86(89)101)98(69-38-11-3-12-39-69)70-40-13-4-14-41-70)96-93(95-91)66-33-27-48-75(63-66)102-81-54-24-21-51-78(81)90-84(57-30-60-87(90)102)99(71-42-15-5-16-43-71)72-44-17-6-18-45-72/h1-63H. The zero-order valence-corrected chi connectivity index (χ0v) is 55.4. The second-order valence-electron chi connectivity index (χ2n) is 25.5. The molecule has 0 aliphatic heterocycles. The molecular formula is C93H63N9. The minimum absolute atomic E-state index is 0.542. The molecule has 9 nitrogen and oxygen atoms in total. The van der Waals surface area contributed by atoms with E-state index in [4.69, 9.17) is 15.0 Å². The molecule has 0 amide bonds. The quantitative estimate of drug-likeness (QED) is 0.102. The van der Waals surface area contributed by atoms with Gasteiger partial charge in [-0.05, 0) is 164 Å². The predicted octanol–water partition coefficient (Wildman–Crippen LogP) is 24.6. The molecule has 0 fully saturated rings. The minimum Gasteiger partial charge on any atom is -0.310 e. The molecule has 0 atom stereocenters. The molecule has 9 heteroatoms. The smallest absolute Gasteiger partial charge is 0.164 e. The summed E-state index contributed by atoms with van der Waals surface area (Å²) in [6, 6.07) is 136. The minimum atomic E-state index is 0.542. The summed E-state index contributed by atoms with van der Waals surface area (Å²) in [5.74, 6) is 1.63. The third-order valence-electron chi connectivity index (χ3n) is 19.6. The van der Waals surface area contributed by atoms with E-state index >= 15 is 0 Å². The van der Waals surface area contributed by atoms with E-state index in [1.54, 1.807) is 0 Å². The van der Waals surface area contributed by atoms with Crippen molar-refractivity contribution in [2.24, 2.45) is 0 Å². The molecule has 0 aliphatic rings. The first-order chi connectivity index (χ1) is 50.6. The molecule has 0 saturated heterocycles. The van der Waals surface area contributed by atoms with Gasteiger partial charge < -0.3 is 28.4 Å². The molecule has 0 aliphatic carbocycles. The van der Waals surface area contributed by atoms with Gasteiger partial charge in [-0.1, -0.05) is 218 Å². The summed E-state index contributed by atoms with van der Waals surface area (Å²) in [7, 11) is 0. The Morgan fingerprint density at radius 2 is 0.402 bits per heavy atom. The Balaban J connectivity index is 0.797. The van der Waals surface area contributed by atoms with Crippen LogP contribution in [-0.2, 0) is 0 Å². The molecule has 19 rings (SSSR count). The van der Waals surface area contributed by atoms with Gasteiger partial charge in [-0.2, -0.15) is 0 Å². The molecule has 102 heavy (non-hydrogen) atoms. The maximum absolute atomic E-state index is 5.57. The topological polar surface area (TPSA) is 63.2 Å². The van der Waals surface area contributed by atoms with E-state index in [1.165, 1.54) is 0 Å². The molecule has 0 bridgehead atoms. The average Bonchev–Trinajstić information content (AvgIpc) is 1.58. The van der Waals surface area contributed by atoms with Crippen molar-refractivity contribution in [2.45, 2.75) is 0 Å². The first kappa shape index (κ1) is 59.4. The Labute approximate surface area is 589 Å². The van der Waals surface area contributed by atoms with Crippen LogP contribution in [0.2, 0.25) is 0 Å². The van der Waals surface area contributed by atoms with Crippen molar-refractivity contribution in [3.05, 3.63) is 382 Å². The van der Waals surface area contributed by atoms with Gasteiger partial charge in [0.1, 0.15) is 0 Å². The SMILES string of the molecule is c1ccc(N(c2ccccc2)c2cccc3c2c2ccccc2n3-c2cccc(-c3nc(-c4cccc(-n5c6ccccc6c6c(N(c7ccccc7)c7ccccc7)cccc65)c4)nc(-c4cccc(-n5c6ccccc6c6c(N(c7ccccc7)c7ccccc7)cccc65)c4)n3)c2)cc1. The number of aromatic nitrogens is 6. The van der Waals surface area contributed by atoms with Crippen molar-refractivity contribution in [3.8, 4) is 51.2 Å². The third-order valence-corrected chi connectivity index (χ3v) is 19.6. The molecule has 0 saturated carbocycles. The Morgan fingerprint density at radius 1 is 0.186 bits per heavy atom. The molecular weight excluding hydrogens is 1240 g/mol. The van der Waals surface area contributed by atoms with E-state index in [9.17, 15) is 0 Å². The van der Waals surface area contributed by atoms with Gasteiger partial charge in [0.2, 0.25) is 0 Å². The van der Waals surface area contributed by atoms with Crippen LogP contribution in [0.3, 0.4) is 0 Å². The van der Waals surface area contributed by atoms with Crippen LogP contribution >= 0.6 is 0 Å². The van der Waals surface area contributed by atoms with E-state index in [0.717, 1.165) is 150 Å². The number of para-hydroxylation sites is 9. The van der Waals surface area contributed by atoms with Gasteiger partial charge in [0.05, 0.1) is 50.2 Å². The van der Waals surface area contributed by atoms with E-state index in [1.807, 2.05) is 0 Å². The number of hydrogen-bond acceptors (Lipinski definition) is 6. The highest BCUT2D eigenvalue weighted by molar-refractivity contribution is 6.19. The van der Waals surface area contributed by atoms with Gasteiger partial charge in [0, 0.05) is 100 Å². The molecule has 0 N–H and O–H groups in total. The van der Waals surface area contributed by atoms with Crippen molar-refractivity contribution in [1.29, 1.82) is 0 Å². The Bertz CT molecular complexity index is 5580. The number of rotatable bonds is 15. The summed E-state index contributed by atoms with van der Waals surface area (Å²) in [6.07, 6.45) is 0. The second kappa shape index (κ2) is 25.2.